The highest BCUT2D eigenvalue weighted by molar-refractivity contribution is 5.79. The molecule has 122 valence electrons. The topological polar surface area (TPSA) is 72.7 Å². The van der Waals surface area contributed by atoms with Crippen molar-refractivity contribution in [3.8, 4) is 11.5 Å². The van der Waals surface area contributed by atoms with Gasteiger partial charge in [-0.3, -0.25) is 9.67 Å². The van der Waals surface area contributed by atoms with Crippen molar-refractivity contribution < 1.29 is 9.47 Å². The van der Waals surface area contributed by atoms with E-state index in [-0.39, 0.29) is 0 Å². The molecule has 3 rings (SSSR count). The summed E-state index contributed by atoms with van der Waals surface area (Å²) in [7, 11) is 1.77. The Bertz CT molecular complexity index is 654. The lowest BCUT2D eigenvalue weighted by molar-refractivity contribution is 0.174. The Labute approximate surface area is 135 Å². The van der Waals surface area contributed by atoms with Crippen molar-refractivity contribution in [3.05, 3.63) is 42.2 Å². The van der Waals surface area contributed by atoms with Gasteiger partial charge in [0, 0.05) is 39.1 Å². The van der Waals surface area contributed by atoms with E-state index >= 15 is 0 Å². The van der Waals surface area contributed by atoms with E-state index in [4.69, 9.17) is 9.47 Å². The summed E-state index contributed by atoms with van der Waals surface area (Å²) in [5.41, 5.74) is 1.12. The number of aryl methyl sites for hydroxylation is 1. The maximum atomic E-state index is 5.38. The molecule has 0 fully saturated rings. The summed E-state index contributed by atoms with van der Waals surface area (Å²) in [5, 5.41) is 10.8. The fraction of sp³-hybridized carbons (Fsp3) is 0.375. The van der Waals surface area contributed by atoms with Gasteiger partial charge in [-0.25, -0.2) is 0 Å². The van der Waals surface area contributed by atoms with Gasteiger partial charge in [0.25, 0.3) is 0 Å². The van der Waals surface area contributed by atoms with Crippen LogP contribution in [0.2, 0.25) is 0 Å². The molecule has 1 aromatic heterocycles. The number of ether oxygens (including phenoxy) is 2. The Morgan fingerprint density at radius 3 is 3.04 bits per heavy atom. The summed E-state index contributed by atoms with van der Waals surface area (Å²) in [5.74, 6) is 2.38. The lowest BCUT2D eigenvalue weighted by Crippen LogP contribution is -2.37. The second-order valence-electron chi connectivity index (χ2n) is 5.16. The third kappa shape index (κ3) is 4.15. The van der Waals surface area contributed by atoms with Crippen molar-refractivity contribution >= 4 is 5.96 Å². The first kappa shape index (κ1) is 15.2. The van der Waals surface area contributed by atoms with Crippen LogP contribution in [0.4, 0.5) is 0 Å². The van der Waals surface area contributed by atoms with Gasteiger partial charge in [0.2, 0.25) is 6.79 Å². The molecule has 0 aliphatic carbocycles. The maximum absolute atomic E-state index is 5.38. The van der Waals surface area contributed by atoms with E-state index in [1.165, 1.54) is 0 Å². The van der Waals surface area contributed by atoms with Crippen molar-refractivity contribution in [3.63, 3.8) is 0 Å². The van der Waals surface area contributed by atoms with Gasteiger partial charge in [0.1, 0.15) is 0 Å². The number of rotatable bonds is 6. The summed E-state index contributed by atoms with van der Waals surface area (Å²) in [6.45, 7) is 2.70. The van der Waals surface area contributed by atoms with Crippen molar-refractivity contribution in [1.82, 2.24) is 20.4 Å². The van der Waals surface area contributed by atoms with E-state index in [2.05, 4.69) is 20.7 Å². The lowest BCUT2D eigenvalue weighted by Gasteiger charge is -2.12. The fourth-order valence-corrected chi connectivity index (χ4v) is 2.34. The molecule has 0 saturated carbocycles. The summed E-state index contributed by atoms with van der Waals surface area (Å²) >= 11 is 0. The van der Waals surface area contributed by atoms with Gasteiger partial charge in [-0.05, 0) is 30.2 Å². The summed E-state index contributed by atoms with van der Waals surface area (Å²) in [6, 6.07) is 7.87. The number of nitrogens with zero attached hydrogens (tertiary/aromatic N) is 3. The minimum absolute atomic E-state index is 0.297. The second-order valence-corrected chi connectivity index (χ2v) is 5.16. The van der Waals surface area contributed by atoms with Gasteiger partial charge in [-0.1, -0.05) is 6.07 Å². The monoisotopic (exact) mass is 315 g/mol. The van der Waals surface area contributed by atoms with E-state index in [1.54, 1.807) is 13.2 Å². The molecule has 2 N–H and O–H groups in total. The number of aliphatic imine (C=N–C) groups is 1. The Morgan fingerprint density at radius 1 is 1.30 bits per heavy atom. The van der Waals surface area contributed by atoms with Crippen molar-refractivity contribution in [2.24, 2.45) is 4.99 Å². The molecular weight excluding hydrogens is 294 g/mol. The first-order chi connectivity index (χ1) is 11.3. The number of benzene rings is 1. The van der Waals surface area contributed by atoms with Crippen LogP contribution in [0.1, 0.15) is 12.0 Å². The van der Waals surface area contributed by atoms with Gasteiger partial charge in [0.05, 0.1) is 0 Å². The average Bonchev–Trinajstić information content (AvgIpc) is 3.25. The largest absolute Gasteiger partial charge is 0.454 e. The van der Waals surface area contributed by atoms with Gasteiger partial charge in [-0.2, -0.15) is 5.10 Å². The molecule has 7 heteroatoms. The van der Waals surface area contributed by atoms with Crippen LogP contribution in [-0.2, 0) is 13.1 Å². The molecule has 23 heavy (non-hydrogen) atoms. The van der Waals surface area contributed by atoms with Crippen LogP contribution in [-0.4, -0.2) is 36.1 Å². The zero-order chi connectivity index (χ0) is 15.9. The van der Waals surface area contributed by atoms with Gasteiger partial charge < -0.3 is 20.1 Å². The molecule has 0 unspecified atom stereocenters. The molecule has 0 amide bonds. The lowest BCUT2D eigenvalue weighted by atomic mass is 10.2. The van der Waals surface area contributed by atoms with Crippen LogP contribution >= 0.6 is 0 Å². The summed E-state index contributed by atoms with van der Waals surface area (Å²) in [6.07, 6.45) is 4.73. The van der Waals surface area contributed by atoms with E-state index in [1.807, 2.05) is 35.1 Å². The zero-order valence-corrected chi connectivity index (χ0v) is 13.2. The maximum Gasteiger partial charge on any atom is 0.231 e. The molecule has 1 aromatic carbocycles. The number of guanidine groups is 1. The van der Waals surface area contributed by atoms with Crippen LogP contribution in [0, 0.1) is 0 Å². The van der Waals surface area contributed by atoms with E-state index in [0.717, 1.165) is 42.5 Å². The molecule has 1 aliphatic heterocycles. The number of hydrogen-bond acceptors (Lipinski definition) is 4. The molecule has 0 atom stereocenters. The Kier molecular flexibility index (Phi) is 4.98. The molecule has 7 nitrogen and oxygen atoms in total. The van der Waals surface area contributed by atoms with Crippen LogP contribution in [0.25, 0.3) is 0 Å². The minimum Gasteiger partial charge on any atom is -0.454 e. The van der Waals surface area contributed by atoms with Crippen LogP contribution in [0.15, 0.2) is 41.7 Å². The Hall–Kier alpha value is -2.70. The van der Waals surface area contributed by atoms with Gasteiger partial charge in [-0.15, -0.1) is 0 Å². The molecule has 0 spiro atoms. The smallest absolute Gasteiger partial charge is 0.231 e. The molecule has 2 aromatic rings. The highest BCUT2D eigenvalue weighted by atomic mass is 16.7. The third-order valence-corrected chi connectivity index (χ3v) is 3.54. The SMILES string of the molecule is CN=C(NCCCn1cccn1)NCc1ccc2c(c1)OCO2. The zero-order valence-electron chi connectivity index (χ0n) is 13.2. The quantitative estimate of drug-likeness (QED) is 0.478. The molecule has 0 radical (unpaired) electrons. The van der Waals surface area contributed by atoms with E-state index in [9.17, 15) is 0 Å². The van der Waals surface area contributed by atoms with Crippen LogP contribution < -0.4 is 20.1 Å². The predicted octanol–water partition coefficient (Wildman–Crippen LogP) is 1.37. The van der Waals surface area contributed by atoms with Crippen molar-refractivity contribution in [1.29, 1.82) is 0 Å². The average molecular weight is 315 g/mol. The molecular formula is C16H21N5O2. The molecule has 0 saturated heterocycles. The van der Waals surface area contributed by atoms with E-state index < -0.39 is 0 Å². The minimum atomic E-state index is 0.297. The van der Waals surface area contributed by atoms with Gasteiger partial charge >= 0.3 is 0 Å². The van der Waals surface area contributed by atoms with Crippen molar-refractivity contribution in [2.45, 2.75) is 19.5 Å². The van der Waals surface area contributed by atoms with Crippen LogP contribution in [0.5, 0.6) is 11.5 Å². The molecule has 1 aliphatic rings. The normalized spacial score (nSPS) is 13.2. The standard InChI is InChI=1S/C16H21N5O2/c1-17-16(18-6-2-8-21-9-3-7-20-21)19-11-13-4-5-14-15(10-13)23-12-22-14/h3-5,7,9-10H,2,6,8,11-12H2,1H3,(H2,17,18,19). The summed E-state index contributed by atoms with van der Waals surface area (Å²) < 4.78 is 12.6. The number of nitrogens with one attached hydrogen (secondary N) is 2. The molecule has 0 bridgehead atoms. The predicted molar refractivity (Wildman–Crippen MR) is 87.6 cm³/mol. The highest BCUT2D eigenvalue weighted by Crippen LogP contribution is 2.32. The number of hydrogen-bond donors (Lipinski definition) is 2. The third-order valence-electron chi connectivity index (χ3n) is 3.54. The number of aromatic nitrogens is 2. The van der Waals surface area contributed by atoms with Gasteiger partial charge in [0.15, 0.2) is 17.5 Å². The highest BCUT2D eigenvalue weighted by Gasteiger charge is 2.13. The molecule has 2 heterocycles. The fourth-order valence-electron chi connectivity index (χ4n) is 2.34. The van der Waals surface area contributed by atoms with Crippen molar-refractivity contribution in [2.75, 3.05) is 20.4 Å². The first-order valence-corrected chi connectivity index (χ1v) is 7.65. The number of fused-ring (bicyclic) bond motifs is 1. The first-order valence-electron chi connectivity index (χ1n) is 7.65. The second kappa shape index (κ2) is 7.53. The van der Waals surface area contributed by atoms with E-state index in [0.29, 0.717) is 13.3 Å². The summed E-state index contributed by atoms with van der Waals surface area (Å²) in [4.78, 5) is 4.23. The Balaban J connectivity index is 1.41. The Morgan fingerprint density at radius 2 is 2.22 bits per heavy atom. The van der Waals surface area contributed by atoms with Crippen LogP contribution in [0.3, 0.4) is 0 Å².